The van der Waals surface area contributed by atoms with Crippen molar-refractivity contribution < 1.29 is 9.53 Å². The highest BCUT2D eigenvalue weighted by Crippen LogP contribution is 2.19. The molecule has 1 saturated heterocycles. The second-order valence-electron chi connectivity index (χ2n) is 6.53. The van der Waals surface area contributed by atoms with Crippen molar-refractivity contribution in [2.24, 2.45) is 5.92 Å². The van der Waals surface area contributed by atoms with E-state index in [-0.39, 0.29) is 12.0 Å². The molecule has 0 radical (unpaired) electrons. The molecule has 0 unspecified atom stereocenters. The number of ether oxygens (including phenoxy) is 1. The molecule has 2 aromatic rings. The first-order valence-electron chi connectivity index (χ1n) is 8.42. The molecule has 2 atom stereocenters. The van der Waals surface area contributed by atoms with Crippen LogP contribution >= 0.6 is 0 Å². The summed E-state index contributed by atoms with van der Waals surface area (Å²) >= 11 is 0. The molecule has 2 aromatic heterocycles. The maximum absolute atomic E-state index is 12.3. The third-order valence-electron chi connectivity index (χ3n) is 4.38. The van der Waals surface area contributed by atoms with Crippen LogP contribution in [0.3, 0.4) is 0 Å². The minimum atomic E-state index is -0.0819. The van der Waals surface area contributed by atoms with Gasteiger partial charge in [0.25, 0.3) is 5.91 Å². The summed E-state index contributed by atoms with van der Waals surface area (Å²) in [5.74, 6) is 1.12. The zero-order valence-electron chi connectivity index (χ0n) is 14.5. The number of amides is 1. The summed E-state index contributed by atoms with van der Waals surface area (Å²) in [5.41, 5.74) is 2.54. The highest BCUT2D eigenvalue weighted by molar-refractivity contribution is 5.93. The number of nitrogens with one attached hydrogen (secondary N) is 1. The second-order valence-corrected chi connectivity index (χ2v) is 6.53. The lowest BCUT2D eigenvalue weighted by Gasteiger charge is -2.27. The lowest BCUT2D eigenvalue weighted by molar-refractivity contribution is 0.00302. The SMILES string of the molecule is Cc1cc(C)n(-c2ccc(C(=O)NC[C@H]3CCO[C@H](C)C3)cn2)n1. The van der Waals surface area contributed by atoms with Gasteiger partial charge in [0.1, 0.15) is 0 Å². The zero-order chi connectivity index (χ0) is 17.1. The minimum absolute atomic E-state index is 0.0819. The summed E-state index contributed by atoms with van der Waals surface area (Å²) < 4.78 is 7.31. The van der Waals surface area contributed by atoms with E-state index in [9.17, 15) is 4.79 Å². The summed E-state index contributed by atoms with van der Waals surface area (Å²) in [6, 6.07) is 5.61. The summed E-state index contributed by atoms with van der Waals surface area (Å²) in [5, 5.41) is 7.41. The lowest BCUT2D eigenvalue weighted by atomic mass is 9.96. The van der Waals surface area contributed by atoms with E-state index in [1.54, 1.807) is 16.9 Å². The van der Waals surface area contributed by atoms with Crippen LogP contribution in [0, 0.1) is 19.8 Å². The van der Waals surface area contributed by atoms with Crippen LogP contribution in [0.15, 0.2) is 24.4 Å². The maximum Gasteiger partial charge on any atom is 0.252 e. The van der Waals surface area contributed by atoms with Crippen LogP contribution in [0.5, 0.6) is 0 Å². The molecule has 0 bridgehead atoms. The molecule has 1 aliphatic rings. The van der Waals surface area contributed by atoms with Gasteiger partial charge in [-0.2, -0.15) is 5.10 Å². The highest BCUT2D eigenvalue weighted by Gasteiger charge is 2.20. The molecular weight excluding hydrogens is 304 g/mol. The first kappa shape index (κ1) is 16.6. The van der Waals surface area contributed by atoms with Crippen molar-refractivity contribution in [1.82, 2.24) is 20.1 Å². The average molecular weight is 328 g/mol. The molecule has 128 valence electrons. The van der Waals surface area contributed by atoms with Gasteiger partial charge in [0.15, 0.2) is 5.82 Å². The van der Waals surface area contributed by atoms with E-state index in [1.807, 2.05) is 26.0 Å². The minimum Gasteiger partial charge on any atom is -0.378 e. The van der Waals surface area contributed by atoms with Gasteiger partial charge in [0, 0.05) is 25.0 Å². The molecule has 0 aliphatic carbocycles. The Morgan fingerprint density at radius 3 is 2.88 bits per heavy atom. The molecule has 0 aromatic carbocycles. The Labute approximate surface area is 142 Å². The molecular formula is C18H24N4O2. The van der Waals surface area contributed by atoms with Gasteiger partial charge in [0.05, 0.1) is 17.4 Å². The number of carbonyl (C=O) groups is 1. The largest absolute Gasteiger partial charge is 0.378 e. The van der Waals surface area contributed by atoms with Crippen LogP contribution in [0.2, 0.25) is 0 Å². The van der Waals surface area contributed by atoms with Crippen LogP contribution in [-0.4, -0.2) is 39.9 Å². The van der Waals surface area contributed by atoms with Crippen LogP contribution in [0.4, 0.5) is 0 Å². The van der Waals surface area contributed by atoms with Gasteiger partial charge in [-0.15, -0.1) is 0 Å². The van der Waals surface area contributed by atoms with Crippen LogP contribution in [0.1, 0.15) is 41.5 Å². The quantitative estimate of drug-likeness (QED) is 0.936. The van der Waals surface area contributed by atoms with E-state index >= 15 is 0 Å². The Morgan fingerprint density at radius 2 is 2.25 bits per heavy atom. The fraction of sp³-hybridized carbons (Fsp3) is 0.500. The van der Waals surface area contributed by atoms with Crippen LogP contribution in [0.25, 0.3) is 5.82 Å². The third kappa shape index (κ3) is 3.82. The Morgan fingerprint density at radius 1 is 1.42 bits per heavy atom. The van der Waals surface area contributed by atoms with Crippen molar-refractivity contribution in [2.45, 2.75) is 39.7 Å². The molecule has 3 rings (SSSR count). The van der Waals surface area contributed by atoms with Crippen LogP contribution < -0.4 is 5.32 Å². The van der Waals surface area contributed by atoms with Gasteiger partial charge < -0.3 is 10.1 Å². The first-order valence-corrected chi connectivity index (χ1v) is 8.42. The molecule has 0 saturated carbocycles. The fourth-order valence-corrected chi connectivity index (χ4v) is 3.12. The predicted octanol–water partition coefficient (Wildman–Crippen LogP) is 2.43. The molecule has 1 N–H and O–H groups in total. The predicted molar refractivity (Wildman–Crippen MR) is 91.3 cm³/mol. The number of nitrogens with zero attached hydrogens (tertiary/aromatic N) is 3. The topological polar surface area (TPSA) is 69.0 Å². The lowest BCUT2D eigenvalue weighted by Crippen LogP contribution is -2.34. The van der Waals surface area contributed by atoms with Gasteiger partial charge in [-0.3, -0.25) is 4.79 Å². The number of aromatic nitrogens is 3. The molecule has 6 nitrogen and oxygen atoms in total. The van der Waals surface area contributed by atoms with Gasteiger partial charge in [0.2, 0.25) is 0 Å². The average Bonchev–Trinajstić information content (AvgIpc) is 2.91. The van der Waals surface area contributed by atoms with Crippen molar-refractivity contribution in [3.63, 3.8) is 0 Å². The van der Waals surface area contributed by atoms with Gasteiger partial charge in [-0.1, -0.05) is 0 Å². The number of hydrogen-bond acceptors (Lipinski definition) is 4. The van der Waals surface area contributed by atoms with E-state index in [1.165, 1.54) is 0 Å². The van der Waals surface area contributed by atoms with E-state index in [4.69, 9.17) is 4.74 Å². The first-order chi connectivity index (χ1) is 11.5. The fourth-order valence-electron chi connectivity index (χ4n) is 3.12. The monoisotopic (exact) mass is 328 g/mol. The van der Waals surface area contributed by atoms with E-state index in [0.29, 0.717) is 18.0 Å². The maximum atomic E-state index is 12.3. The zero-order valence-corrected chi connectivity index (χ0v) is 14.5. The Bertz CT molecular complexity index is 708. The number of hydrogen-bond donors (Lipinski definition) is 1. The molecule has 6 heteroatoms. The standard InChI is InChI=1S/C18H24N4O2/c1-12-8-13(2)22(21-12)17-5-4-16(11-19-17)18(23)20-10-15-6-7-24-14(3)9-15/h4-5,8,11,14-15H,6-7,9-10H2,1-3H3,(H,20,23)/t14-,15+/m1/s1. The Balaban J connectivity index is 1.60. The number of carbonyl (C=O) groups excluding carboxylic acids is 1. The normalized spacial score (nSPS) is 20.8. The van der Waals surface area contributed by atoms with Crippen molar-refractivity contribution in [3.05, 3.63) is 41.3 Å². The molecule has 3 heterocycles. The molecule has 1 fully saturated rings. The molecule has 1 aliphatic heterocycles. The van der Waals surface area contributed by atoms with E-state index < -0.39 is 0 Å². The summed E-state index contributed by atoms with van der Waals surface area (Å²) in [6.07, 6.45) is 3.88. The summed E-state index contributed by atoms with van der Waals surface area (Å²) in [4.78, 5) is 16.7. The molecule has 24 heavy (non-hydrogen) atoms. The Hall–Kier alpha value is -2.21. The van der Waals surface area contributed by atoms with Gasteiger partial charge in [-0.25, -0.2) is 9.67 Å². The van der Waals surface area contributed by atoms with Gasteiger partial charge in [-0.05, 0) is 57.7 Å². The number of aryl methyl sites for hydroxylation is 2. The summed E-state index contributed by atoms with van der Waals surface area (Å²) in [6.45, 7) is 7.47. The highest BCUT2D eigenvalue weighted by atomic mass is 16.5. The number of rotatable bonds is 4. The van der Waals surface area contributed by atoms with Crippen molar-refractivity contribution in [2.75, 3.05) is 13.2 Å². The van der Waals surface area contributed by atoms with Gasteiger partial charge >= 0.3 is 0 Å². The van der Waals surface area contributed by atoms with Crippen molar-refractivity contribution in [3.8, 4) is 5.82 Å². The van der Waals surface area contributed by atoms with Crippen molar-refractivity contribution >= 4 is 5.91 Å². The molecule has 0 spiro atoms. The van der Waals surface area contributed by atoms with E-state index in [0.717, 1.165) is 36.7 Å². The molecule has 1 amide bonds. The third-order valence-corrected chi connectivity index (χ3v) is 4.38. The Kier molecular flexibility index (Phi) is 4.94. The number of pyridine rings is 1. The second kappa shape index (κ2) is 7.13. The summed E-state index contributed by atoms with van der Waals surface area (Å²) in [7, 11) is 0. The van der Waals surface area contributed by atoms with E-state index in [2.05, 4.69) is 22.3 Å². The van der Waals surface area contributed by atoms with Crippen LogP contribution in [-0.2, 0) is 4.74 Å². The van der Waals surface area contributed by atoms with Crippen molar-refractivity contribution in [1.29, 1.82) is 0 Å². The smallest absolute Gasteiger partial charge is 0.252 e.